The van der Waals surface area contributed by atoms with Crippen LogP contribution in [0.3, 0.4) is 0 Å². The monoisotopic (exact) mass is 452 g/mol. The van der Waals surface area contributed by atoms with Crippen molar-refractivity contribution in [1.29, 1.82) is 0 Å². The van der Waals surface area contributed by atoms with E-state index in [1.807, 2.05) is 18.2 Å². The molecule has 2 heterocycles. The van der Waals surface area contributed by atoms with E-state index in [0.717, 1.165) is 32.7 Å². The number of nitrogens with zero attached hydrogens (tertiary/aromatic N) is 2. The Hall–Kier alpha value is -3.23. The third kappa shape index (κ3) is 5.77. The van der Waals surface area contributed by atoms with E-state index in [9.17, 15) is 14.0 Å². The van der Waals surface area contributed by atoms with Crippen molar-refractivity contribution in [2.24, 2.45) is 0 Å². The van der Waals surface area contributed by atoms with Gasteiger partial charge in [0.15, 0.2) is 0 Å². The van der Waals surface area contributed by atoms with Gasteiger partial charge in [0.1, 0.15) is 5.82 Å². The van der Waals surface area contributed by atoms with Gasteiger partial charge in [-0.2, -0.15) is 0 Å². The lowest BCUT2D eigenvalue weighted by Gasteiger charge is -2.37. The molecule has 8 heteroatoms. The Balaban J connectivity index is 1.51. The largest absolute Gasteiger partial charge is 0.463 e. The van der Waals surface area contributed by atoms with Crippen molar-refractivity contribution in [1.82, 2.24) is 20.4 Å². The SMILES string of the molecule is CCOC(=O)C1=C(CN2CCN(Cc3ccccc3)CC2)NC(=O)N[C@H]1c1cccc(F)c1. The second kappa shape index (κ2) is 10.6. The third-order valence-corrected chi connectivity index (χ3v) is 5.93. The van der Waals surface area contributed by atoms with E-state index in [1.54, 1.807) is 19.1 Å². The maximum absolute atomic E-state index is 13.9. The molecule has 2 aromatic carbocycles. The van der Waals surface area contributed by atoms with E-state index >= 15 is 0 Å². The predicted octanol–water partition coefficient (Wildman–Crippen LogP) is 2.81. The topological polar surface area (TPSA) is 73.9 Å². The van der Waals surface area contributed by atoms with Crippen LogP contribution in [0.15, 0.2) is 65.9 Å². The standard InChI is InChI=1S/C25H29FN4O3/c1-2-33-24(31)22-21(27-25(32)28-23(22)19-9-6-10-20(26)15-19)17-30-13-11-29(12-14-30)16-18-7-4-3-5-8-18/h3-10,15,23H,2,11-14,16-17H2,1H3,(H2,27,28,32)/t23-/m0/s1. The predicted molar refractivity (Wildman–Crippen MR) is 123 cm³/mol. The Labute approximate surface area is 193 Å². The molecule has 0 saturated carbocycles. The van der Waals surface area contributed by atoms with Crippen molar-refractivity contribution in [2.75, 3.05) is 39.3 Å². The number of ether oxygens (including phenoxy) is 1. The highest BCUT2D eigenvalue weighted by atomic mass is 19.1. The summed E-state index contributed by atoms with van der Waals surface area (Å²) in [6.07, 6.45) is 0. The first kappa shape index (κ1) is 22.9. The molecule has 0 unspecified atom stereocenters. The number of carbonyl (C=O) groups is 2. The van der Waals surface area contributed by atoms with Gasteiger partial charge < -0.3 is 15.4 Å². The Morgan fingerprint density at radius 1 is 1.03 bits per heavy atom. The van der Waals surface area contributed by atoms with Gasteiger partial charge in [0.25, 0.3) is 0 Å². The van der Waals surface area contributed by atoms with Gasteiger partial charge >= 0.3 is 12.0 Å². The zero-order valence-corrected chi connectivity index (χ0v) is 18.7. The van der Waals surface area contributed by atoms with E-state index in [4.69, 9.17) is 4.74 Å². The van der Waals surface area contributed by atoms with Crippen LogP contribution in [-0.4, -0.2) is 61.1 Å². The highest BCUT2D eigenvalue weighted by Crippen LogP contribution is 2.28. The summed E-state index contributed by atoms with van der Waals surface area (Å²) in [5, 5.41) is 5.55. The molecule has 4 rings (SSSR count). The molecule has 1 atom stereocenters. The van der Waals surface area contributed by atoms with Gasteiger partial charge in [0, 0.05) is 45.0 Å². The second-order valence-electron chi connectivity index (χ2n) is 8.24. The molecule has 0 spiro atoms. The average molecular weight is 453 g/mol. The minimum absolute atomic E-state index is 0.206. The summed E-state index contributed by atoms with van der Waals surface area (Å²) in [4.78, 5) is 29.9. The molecule has 7 nitrogen and oxygen atoms in total. The first-order chi connectivity index (χ1) is 16.0. The summed E-state index contributed by atoms with van der Waals surface area (Å²) in [5.74, 6) is -0.948. The number of benzene rings is 2. The quantitative estimate of drug-likeness (QED) is 0.632. The van der Waals surface area contributed by atoms with Gasteiger partial charge in [0.2, 0.25) is 0 Å². The normalized spacial score (nSPS) is 19.7. The molecule has 2 aliphatic rings. The first-order valence-electron chi connectivity index (χ1n) is 11.2. The number of hydrogen-bond acceptors (Lipinski definition) is 5. The van der Waals surface area contributed by atoms with Gasteiger partial charge in [-0.3, -0.25) is 9.80 Å². The minimum Gasteiger partial charge on any atom is -0.463 e. The van der Waals surface area contributed by atoms with E-state index in [2.05, 4.69) is 32.6 Å². The summed E-state index contributed by atoms with van der Waals surface area (Å²) in [6.45, 7) is 6.63. The van der Waals surface area contributed by atoms with Crippen molar-refractivity contribution in [2.45, 2.75) is 19.5 Å². The molecule has 33 heavy (non-hydrogen) atoms. The number of carbonyl (C=O) groups excluding carboxylic acids is 2. The van der Waals surface area contributed by atoms with Crippen molar-refractivity contribution >= 4 is 12.0 Å². The fourth-order valence-corrected chi connectivity index (χ4v) is 4.30. The average Bonchev–Trinajstić information content (AvgIpc) is 2.81. The van der Waals surface area contributed by atoms with Gasteiger partial charge in [-0.1, -0.05) is 42.5 Å². The minimum atomic E-state index is -0.775. The second-order valence-corrected chi connectivity index (χ2v) is 8.24. The van der Waals surface area contributed by atoms with Gasteiger partial charge in [-0.15, -0.1) is 0 Å². The van der Waals surface area contributed by atoms with E-state index in [1.165, 1.54) is 17.7 Å². The smallest absolute Gasteiger partial charge is 0.338 e. The Kier molecular flexibility index (Phi) is 7.36. The number of amides is 2. The Morgan fingerprint density at radius 2 is 1.73 bits per heavy atom. The van der Waals surface area contributed by atoms with Crippen LogP contribution in [0.25, 0.3) is 0 Å². The molecular formula is C25H29FN4O3. The van der Waals surface area contributed by atoms with Crippen LogP contribution in [0, 0.1) is 5.82 Å². The number of hydrogen-bond donors (Lipinski definition) is 2. The molecule has 2 aromatic rings. The fourth-order valence-electron chi connectivity index (χ4n) is 4.30. The van der Waals surface area contributed by atoms with Crippen LogP contribution < -0.4 is 10.6 Å². The number of piperazine rings is 1. The Morgan fingerprint density at radius 3 is 2.39 bits per heavy atom. The lowest BCUT2D eigenvalue weighted by molar-refractivity contribution is -0.139. The lowest BCUT2D eigenvalue weighted by Crippen LogP contribution is -2.51. The number of rotatable bonds is 7. The van der Waals surface area contributed by atoms with Crippen molar-refractivity contribution in [3.63, 3.8) is 0 Å². The molecule has 2 amide bonds. The zero-order chi connectivity index (χ0) is 23.2. The van der Waals surface area contributed by atoms with E-state index in [0.29, 0.717) is 23.4 Å². The number of nitrogens with one attached hydrogen (secondary N) is 2. The molecule has 1 saturated heterocycles. The maximum atomic E-state index is 13.9. The zero-order valence-electron chi connectivity index (χ0n) is 18.7. The molecule has 0 aliphatic carbocycles. The number of halogens is 1. The molecule has 0 bridgehead atoms. The highest BCUT2D eigenvalue weighted by molar-refractivity contribution is 5.95. The lowest BCUT2D eigenvalue weighted by atomic mass is 9.94. The Bertz CT molecular complexity index is 1020. The summed E-state index contributed by atoms with van der Waals surface area (Å²) < 4.78 is 19.2. The van der Waals surface area contributed by atoms with Crippen molar-refractivity contribution < 1.29 is 18.7 Å². The van der Waals surface area contributed by atoms with E-state index < -0.39 is 23.9 Å². The maximum Gasteiger partial charge on any atom is 0.338 e. The summed E-state index contributed by atoms with van der Waals surface area (Å²) in [6, 6.07) is 15.1. The van der Waals surface area contributed by atoms with Gasteiger partial charge in [0.05, 0.1) is 18.2 Å². The van der Waals surface area contributed by atoms with Crippen LogP contribution in [0.1, 0.15) is 24.1 Å². The van der Waals surface area contributed by atoms with Crippen molar-refractivity contribution in [3.8, 4) is 0 Å². The molecule has 1 fully saturated rings. The third-order valence-electron chi connectivity index (χ3n) is 5.93. The molecule has 2 N–H and O–H groups in total. The van der Waals surface area contributed by atoms with Gasteiger partial charge in [-0.25, -0.2) is 14.0 Å². The van der Waals surface area contributed by atoms with E-state index in [-0.39, 0.29) is 6.61 Å². The van der Waals surface area contributed by atoms with Crippen LogP contribution >= 0.6 is 0 Å². The molecule has 0 aromatic heterocycles. The number of urea groups is 1. The van der Waals surface area contributed by atoms with Crippen LogP contribution in [-0.2, 0) is 16.1 Å². The van der Waals surface area contributed by atoms with Crippen LogP contribution in [0.2, 0.25) is 0 Å². The molecule has 174 valence electrons. The summed E-state index contributed by atoms with van der Waals surface area (Å²) >= 11 is 0. The first-order valence-corrected chi connectivity index (χ1v) is 11.2. The fraction of sp³-hybridized carbons (Fsp3) is 0.360. The summed E-state index contributed by atoms with van der Waals surface area (Å²) in [7, 11) is 0. The van der Waals surface area contributed by atoms with Gasteiger partial charge in [-0.05, 0) is 30.2 Å². The number of esters is 1. The van der Waals surface area contributed by atoms with Crippen LogP contribution in [0.4, 0.5) is 9.18 Å². The van der Waals surface area contributed by atoms with Crippen LogP contribution in [0.5, 0.6) is 0 Å². The molecule has 0 radical (unpaired) electrons. The highest BCUT2D eigenvalue weighted by Gasteiger charge is 2.34. The molecule has 2 aliphatic heterocycles. The molecular weight excluding hydrogens is 423 g/mol. The van der Waals surface area contributed by atoms with Crippen molar-refractivity contribution in [3.05, 3.63) is 82.8 Å². The summed E-state index contributed by atoms with van der Waals surface area (Å²) in [5.41, 5.74) is 2.59.